The second kappa shape index (κ2) is 52.6. The number of likely N-dealkylation sites (N-methyl/N-ethyl adjacent to an activating group) is 1. The van der Waals surface area contributed by atoms with Crippen molar-refractivity contribution in [2.45, 2.75) is 52.4 Å². The quantitative estimate of drug-likeness (QED) is 0.0207. The number of unbranched alkanes of at least 4 members (excludes halogenated alkanes) is 2. The molecule has 0 saturated carbocycles. The molecule has 0 aromatic carbocycles. The SMILES string of the molecule is CCCNCCN(CCNCCN)CCNCCN(CCNCCN(CCN)CCN)CCNCCN(CCCCCN(CCN)CCNCCNC)CCCNCN(CCC)CCN. The van der Waals surface area contributed by atoms with Crippen LogP contribution in [0.25, 0.3) is 0 Å². The molecule has 0 heterocycles. The van der Waals surface area contributed by atoms with Crippen molar-refractivity contribution in [3.8, 4) is 0 Å². The van der Waals surface area contributed by atoms with E-state index < -0.39 is 0 Å². The zero-order chi connectivity index (χ0) is 47.5. The molecule has 19 nitrogen and oxygen atoms in total. The van der Waals surface area contributed by atoms with Crippen LogP contribution >= 0.6 is 0 Å². The van der Waals surface area contributed by atoms with Crippen molar-refractivity contribution in [3.63, 3.8) is 0 Å². The maximum atomic E-state index is 5.97. The second-order valence-electron chi connectivity index (χ2n) is 17.4. The van der Waals surface area contributed by atoms with Gasteiger partial charge in [-0.25, -0.2) is 0 Å². The van der Waals surface area contributed by atoms with Gasteiger partial charge in [-0.3, -0.25) is 19.6 Å². The number of hydrogen-bond donors (Lipinski definition) is 13. The van der Waals surface area contributed by atoms with Gasteiger partial charge in [-0.05, 0) is 78.4 Å². The first-order chi connectivity index (χ1) is 32.0. The Labute approximate surface area is 401 Å². The molecule has 0 spiro atoms. The number of hydrogen-bond acceptors (Lipinski definition) is 19. The molecular formula is C46H113N19. The smallest absolute Gasteiger partial charge is 0.0480 e. The zero-order valence-corrected chi connectivity index (χ0v) is 43.0. The van der Waals surface area contributed by atoms with Crippen molar-refractivity contribution < 1.29 is 0 Å². The highest BCUT2D eigenvalue weighted by atomic mass is 15.2. The molecule has 0 rings (SSSR count). The lowest BCUT2D eigenvalue weighted by Crippen LogP contribution is -2.44. The summed E-state index contributed by atoms with van der Waals surface area (Å²) in [5, 5.41) is 28.7. The molecule has 0 aromatic rings. The summed E-state index contributed by atoms with van der Waals surface area (Å²) in [5.41, 5.74) is 29.2. The molecular weight excluding hydrogens is 819 g/mol. The van der Waals surface area contributed by atoms with Crippen LogP contribution < -0.4 is 71.2 Å². The third-order valence-corrected chi connectivity index (χ3v) is 11.7. The van der Waals surface area contributed by atoms with E-state index in [1.165, 1.54) is 25.7 Å². The van der Waals surface area contributed by atoms with Gasteiger partial charge in [0.1, 0.15) is 0 Å². The van der Waals surface area contributed by atoms with Crippen LogP contribution in [-0.2, 0) is 0 Å². The summed E-state index contributed by atoms with van der Waals surface area (Å²) < 4.78 is 0. The molecule has 0 atom stereocenters. The van der Waals surface area contributed by atoms with E-state index in [1.54, 1.807) is 0 Å². The van der Waals surface area contributed by atoms with Crippen LogP contribution in [0, 0.1) is 0 Å². The lowest BCUT2D eigenvalue weighted by Gasteiger charge is -2.26. The van der Waals surface area contributed by atoms with E-state index in [9.17, 15) is 0 Å². The minimum atomic E-state index is 0.666. The van der Waals surface area contributed by atoms with E-state index in [2.05, 4.69) is 85.8 Å². The predicted octanol–water partition coefficient (Wildman–Crippen LogP) is -3.72. The van der Waals surface area contributed by atoms with Crippen molar-refractivity contribution >= 4 is 0 Å². The standard InChI is InChI=1S/C46H113N19/c1-4-15-53-20-40-63(41-21-54-17-10-47)42-27-58-28-45-64(44-26-57-24-39-62(34-12-49)35-13-50)43-25-56-23-37-60(32-9-16-59-46-65(29-5-2)36-14-51)30-7-6-8-31-61(33-11-48)38-22-55-19-18-52-3/h52-59H,4-51H2,1-3H3. The Hall–Kier alpha value is -0.760. The molecule has 0 aliphatic carbocycles. The van der Waals surface area contributed by atoms with Gasteiger partial charge in [0.2, 0.25) is 0 Å². The highest BCUT2D eigenvalue weighted by Gasteiger charge is 2.11. The Bertz CT molecular complexity index is 876. The monoisotopic (exact) mass is 932 g/mol. The maximum Gasteiger partial charge on any atom is 0.0480 e. The third kappa shape index (κ3) is 44.2. The van der Waals surface area contributed by atoms with Gasteiger partial charge in [0.25, 0.3) is 0 Å². The molecule has 0 radical (unpaired) electrons. The summed E-state index contributed by atoms with van der Waals surface area (Å²) in [7, 11) is 2.00. The Morgan fingerprint density at radius 3 is 1.02 bits per heavy atom. The van der Waals surface area contributed by atoms with Crippen molar-refractivity contribution in [1.29, 1.82) is 0 Å². The van der Waals surface area contributed by atoms with Crippen LogP contribution in [0.3, 0.4) is 0 Å². The third-order valence-electron chi connectivity index (χ3n) is 11.7. The van der Waals surface area contributed by atoms with Gasteiger partial charge in [-0.15, -0.1) is 0 Å². The summed E-state index contributed by atoms with van der Waals surface area (Å²) in [6.45, 7) is 40.2. The van der Waals surface area contributed by atoms with E-state index >= 15 is 0 Å². The molecule has 19 heteroatoms. The van der Waals surface area contributed by atoms with Gasteiger partial charge >= 0.3 is 0 Å². The summed E-state index contributed by atoms with van der Waals surface area (Å²) >= 11 is 0. The highest BCUT2D eigenvalue weighted by Crippen LogP contribution is 2.03. The molecule has 0 amide bonds. The number of rotatable bonds is 56. The van der Waals surface area contributed by atoms with E-state index in [0.717, 1.165) is 222 Å². The van der Waals surface area contributed by atoms with Gasteiger partial charge in [0.05, 0.1) is 0 Å². The fourth-order valence-electron chi connectivity index (χ4n) is 7.88. The number of nitrogens with two attached hydrogens (primary N) is 5. The molecule has 0 saturated heterocycles. The van der Waals surface area contributed by atoms with Crippen LogP contribution in [0.1, 0.15) is 52.4 Å². The first kappa shape index (κ1) is 64.2. The van der Waals surface area contributed by atoms with E-state index in [-0.39, 0.29) is 0 Å². The predicted molar refractivity (Wildman–Crippen MR) is 282 cm³/mol. The molecule has 0 aliphatic heterocycles. The molecule has 392 valence electrons. The van der Waals surface area contributed by atoms with Crippen LogP contribution in [0.5, 0.6) is 0 Å². The highest BCUT2D eigenvalue weighted by molar-refractivity contribution is 4.70. The van der Waals surface area contributed by atoms with Gasteiger partial charge in [-0.1, -0.05) is 20.3 Å². The molecule has 0 unspecified atom stereocenters. The molecule has 18 N–H and O–H groups in total. The summed E-state index contributed by atoms with van der Waals surface area (Å²) in [4.78, 5) is 15.1. The van der Waals surface area contributed by atoms with Crippen molar-refractivity contribution in [2.24, 2.45) is 28.7 Å². The average Bonchev–Trinajstić information content (AvgIpc) is 3.30. The molecule has 0 bridgehead atoms. The average molecular weight is 933 g/mol. The van der Waals surface area contributed by atoms with E-state index in [4.69, 9.17) is 28.7 Å². The van der Waals surface area contributed by atoms with Crippen LogP contribution in [0.4, 0.5) is 0 Å². The summed E-state index contributed by atoms with van der Waals surface area (Å²) in [6.07, 6.45) is 7.17. The summed E-state index contributed by atoms with van der Waals surface area (Å²) in [6, 6.07) is 0. The van der Waals surface area contributed by atoms with E-state index in [1.807, 2.05) is 7.05 Å². The first-order valence-electron chi connectivity index (χ1n) is 26.5. The lowest BCUT2D eigenvalue weighted by atomic mass is 10.2. The van der Waals surface area contributed by atoms with E-state index in [0.29, 0.717) is 32.7 Å². The van der Waals surface area contributed by atoms with Crippen LogP contribution in [0.15, 0.2) is 0 Å². The fraction of sp³-hybridized carbons (Fsp3) is 1.00. The maximum absolute atomic E-state index is 5.97. The normalized spacial score (nSPS) is 12.3. The Morgan fingerprint density at radius 1 is 0.262 bits per heavy atom. The minimum absolute atomic E-state index is 0.666. The van der Waals surface area contributed by atoms with Gasteiger partial charge in [0, 0.05) is 203 Å². The van der Waals surface area contributed by atoms with Crippen LogP contribution in [0.2, 0.25) is 0 Å². The van der Waals surface area contributed by atoms with Gasteiger partial charge in [-0.2, -0.15) is 0 Å². The largest absolute Gasteiger partial charge is 0.329 e. The van der Waals surface area contributed by atoms with Crippen LogP contribution in [-0.4, -0.2) is 279 Å². The zero-order valence-electron chi connectivity index (χ0n) is 43.0. The van der Waals surface area contributed by atoms with Crippen molar-refractivity contribution in [2.75, 3.05) is 249 Å². The van der Waals surface area contributed by atoms with Gasteiger partial charge < -0.3 is 81.0 Å². The number of nitrogens with zero attached hydrogens (tertiary/aromatic N) is 6. The Morgan fingerprint density at radius 2 is 0.615 bits per heavy atom. The second-order valence-corrected chi connectivity index (χ2v) is 17.4. The fourth-order valence-corrected chi connectivity index (χ4v) is 7.88. The van der Waals surface area contributed by atoms with Crippen molar-refractivity contribution in [1.82, 2.24) is 71.9 Å². The Balaban J connectivity index is 5.18. The van der Waals surface area contributed by atoms with Crippen molar-refractivity contribution in [3.05, 3.63) is 0 Å². The Kier molecular flexibility index (Phi) is 52.0. The first-order valence-corrected chi connectivity index (χ1v) is 26.5. The lowest BCUT2D eigenvalue weighted by molar-refractivity contribution is 0.235. The molecule has 0 fully saturated rings. The molecule has 0 aromatic heterocycles. The molecule has 65 heavy (non-hydrogen) atoms. The minimum Gasteiger partial charge on any atom is -0.329 e. The van der Waals surface area contributed by atoms with Gasteiger partial charge in [0.15, 0.2) is 0 Å². The summed E-state index contributed by atoms with van der Waals surface area (Å²) in [5.74, 6) is 0. The molecule has 0 aliphatic rings. The number of nitrogens with one attached hydrogen (secondary N) is 8. The topological polar surface area (TPSA) is 246 Å².